The lowest BCUT2D eigenvalue weighted by Gasteiger charge is -2.19. The predicted octanol–water partition coefficient (Wildman–Crippen LogP) is 2.80. The van der Waals surface area contributed by atoms with E-state index in [0.717, 1.165) is 50.5 Å². The van der Waals surface area contributed by atoms with Crippen molar-refractivity contribution < 1.29 is 14.4 Å². The molecule has 2 heterocycles. The Morgan fingerprint density at radius 2 is 1.97 bits per heavy atom. The van der Waals surface area contributed by atoms with E-state index in [4.69, 9.17) is 5.21 Å². The standard InChI is InChI=1S/C22H27FN6O3/c1-3-7-27(8-4-2)11-14-12-29(26-24-14)20-10-19-16(9-18(20)23)21(30)17(22(31)25-32)13-28(19)15-5-6-15/h9-10,12-13,15,32H,3-8,11H2,1-2H3,(H,25,31). The molecule has 10 heteroatoms. The van der Waals surface area contributed by atoms with Crippen molar-refractivity contribution in [1.82, 2.24) is 29.9 Å². The number of nitrogens with one attached hydrogen (secondary N) is 1. The second kappa shape index (κ2) is 9.17. The predicted molar refractivity (Wildman–Crippen MR) is 116 cm³/mol. The van der Waals surface area contributed by atoms with Crippen LogP contribution in [0.1, 0.15) is 61.6 Å². The zero-order chi connectivity index (χ0) is 22.8. The van der Waals surface area contributed by atoms with Gasteiger partial charge in [0.15, 0.2) is 0 Å². The largest absolute Gasteiger partial charge is 0.343 e. The molecule has 1 aliphatic carbocycles. The van der Waals surface area contributed by atoms with Crippen LogP contribution in [0.15, 0.2) is 29.3 Å². The Hall–Kier alpha value is -3.11. The molecule has 1 amide bonds. The first-order valence-corrected chi connectivity index (χ1v) is 10.9. The van der Waals surface area contributed by atoms with Gasteiger partial charge in [-0.2, -0.15) is 0 Å². The molecule has 0 bridgehead atoms. The molecule has 9 nitrogen and oxygen atoms in total. The van der Waals surface area contributed by atoms with Gasteiger partial charge >= 0.3 is 0 Å². The van der Waals surface area contributed by atoms with Gasteiger partial charge in [-0.1, -0.05) is 19.1 Å². The summed E-state index contributed by atoms with van der Waals surface area (Å²) < 4.78 is 18.2. The highest BCUT2D eigenvalue weighted by Gasteiger charge is 2.27. The smallest absolute Gasteiger partial charge is 0.280 e. The van der Waals surface area contributed by atoms with Crippen LogP contribution in [0, 0.1) is 5.82 Å². The van der Waals surface area contributed by atoms with Crippen molar-refractivity contribution in [2.75, 3.05) is 13.1 Å². The molecular weight excluding hydrogens is 415 g/mol. The van der Waals surface area contributed by atoms with Crippen LogP contribution in [0.5, 0.6) is 0 Å². The molecule has 2 aromatic heterocycles. The molecule has 1 aromatic carbocycles. The van der Waals surface area contributed by atoms with E-state index in [1.807, 2.05) is 0 Å². The van der Waals surface area contributed by atoms with E-state index in [1.165, 1.54) is 16.4 Å². The minimum Gasteiger partial charge on any atom is -0.343 e. The quantitative estimate of drug-likeness (QED) is 0.390. The maximum Gasteiger partial charge on any atom is 0.280 e. The summed E-state index contributed by atoms with van der Waals surface area (Å²) in [6.07, 6.45) is 6.97. The van der Waals surface area contributed by atoms with Crippen LogP contribution in [-0.2, 0) is 6.54 Å². The van der Waals surface area contributed by atoms with Crippen molar-refractivity contribution in [1.29, 1.82) is 0 Å². The number of nitrogens with zero attached hydrogens (tertiary/aromatic N) is 5. The highest BCUT2D eigenvalue weighted by Crippen LogP contribution is 2.37. The molecule has 170 valence electrons. The molecule has 0 unspecified atom stereocenters. The van der Waals surface area contributed by atoms with E-state index in [1.54, 1.807) is 16.8 Å². The van der Waals surface area contributed by atoms with Gasteiger partial charge < -0.3 is 4.57 Å². The Morgan fingerprint density at radius 1 is 1.25 bits per heavy atom. The average molecular weight is 442 g/mol. The number of carbonyl (C=O) groups excluding carboxylic acids is 1. The van der Waals surface area contributed by atoms with Gasteiger partial charge in [-0.25, -0.2) is 14.6 Å². The van der Waals surface area contributed by atoms with Gasteiger partial charge in [-0.05, 0) is 50.9 Å². The van der Waals surface area contributed by atoms with E-state index >= 15 is 4.39 Å². The van der Waals surface area contributed by atoms with Crippen molar-refractivity contribution in [2.24, 2.45) is 0 Å². The lowest BCUT2D eigenvalue weighted by atomic mass is 10.1. The highest BCUT2D eigenvalue weighted by atomic mass is 19.1. The number of hydroxylamine groups is 1. The van der Waals surface area contributed by atoms with Gasteiger partial charge in [0.05, 0.1) is 17.4 Å². The zero-order valence-electron chi connectivity index (χ0n) is 18.2. The van der Waals surface area contributed by atoms with Crippen LogP contribution in [0.2, 0.25) is 0 Å². The summed E-state index contributed by atoms with van der Waals surface area (Å²) in [5.74, 6) is -1.56. The zero-order valence-corrected chi connectivity index (χ0v) is 18.2. The fourth-order valence-electron chi connectivity index (χ4n) is 4.03. The third-order valence-electron chi connectivity index (χ3n) is 5.64. The molecule has 0 aliphatic heterocycles. The minimum atomic E-state index is -0.916. The topological polar surface area (TPSA) is 105 Å². The average Bonchev–Trinajstić information content (AvgIpc) is 3.52. The number of benzene rings is 1. The van der Waals surface area contributed by atoms with Crippen LogP contribution < -0.4 is 10.9 Å². The maximum atomic E-state index is 15.1. The van der Waals surface area contributed by atoms with Crippen LogP contribution in [0.4, 0.5) is 4.39 Å². The van der Waals surface area contributed by atoms with Gasteiger partial charge in [0.2, 0.25) is 5.43 Å². The van der Waals surface area contributed by atoms with Gasteiger partial charge in [-0.15, -0.1) is 5.10 Å². The fraction of sp³-hybridized carbons (Fsp3) is 0.455. The van der Waals surface area contributed by atoms with Crippen LogP contribution >= 0.6 is 0 Å². The monoisotopic (exact) mass is 442 g/mol. The van der Waals surface area contributed by atoms with Gasteiger partial charge in [0.1, 0.15) is 17.1 Å². The lowest BCUT2D eigenvalue weighted by Crippen LogP contribution is -2.27. The Bertz CT molecular complexity index is 1190. The number of rotatable bonds is 9. The first-order chi connectivity index (χ1) is 15.5. The SMILES string of the molecule is CCCN(CCC)Cc1cn(-c2cc3c(cc2F)c(=O)c(C(=O)NO)cn3C2CC2)nn1. The molecule has 2 N–H and O–H groups in total. The molecule has 0 spiro atoms. The number of hydrogen-bond acceptors (Lipinski definition) is 6. The second-order valence-corrected chi connectivity index (χ2v) is 8.20. The normalized spacial score (nSPS) is 13.8. The number of pyridine rings is 1. The van der Waals surface area contributed by atoms with E-state index in [2.05, 4.69) is 29.1 Å². The summed E-state index contributed by atoms with van der Waals surface area (Å²) in [6, 6.07) is 2.81. The van der Waals surface area contributed by atoms with Crippen LogP contribution in [0.25, 0.3) is 16.6 Å². The first kappa shape index (κ1) is 22.1. The highest BCUT2D eigenvalue weighted by molar-refractivity contribution is 5.97. The number of hydrogen-bond donors (Lipinski definition) is 2. The van der Waals surface area contributed by atoms with Crippen molar-refractivity contribution in [3.05, 3.63) is 51.8 Å². The summed E-state index contributed by atoms with van der Waals surface area (Å²) in [6.45, 7) is 6.77. The second-order valence-electron chi connectivity index (χ2n) is 8.20. The molecule has 1 aliphatic rings. The summed E-state index contributed by atoms with van der Waals surface area (Å²) >= 11 is 0. The fourth-order valence-corrected chi connectivity index (χ4v) is 4.03. The third-order valence-corrected chi connectivity index (χ3v) is 5.64. The molecule has 0 saturated heterocycles. The van der Waals surface area contributed by atoms with E-state index in [0.29, 0.717) is 12.1 Å². The number of halogens is 1. The molecule has 0 atom stereocenters. The van der Waals surface area contributed by atoms with E-state index < -0.39 is 17.2 Å². The van der Waals surface area contributed by atoms with Crippen molar-refractivity contribution in [2.45, 2.75) is 52.1 Å². The lowest BCUT2D eigenvalue weighted by molar-refractivity contribution is 0.0704. The Balaban J connectivity index is 1.76. The van der Waals surface area contributed by atoms with E-state index in [9.17, 15) is 9.59 Å². The number of amides is 1. The van der Waals surface area contributed by atoms with Crippen LogP contribution in [-0.4, -0.2) is 48.7 Å². The van der Waals surface area contributed by atoms with Crippen molar-refractivity contribution in [3.63, 3.8) is 0 Å². The van der Waals surface area contributed by atoms with Gasteiger partial charge in [-0.3, -0.25) is 19.7 Å². The number of fused-ring (bicyclic) bond motifs is 1. The molecule has 4 rings (SSSR count). The molecule has 1 fully saturated rings. The first-order valence-electron chi connectivity index (χ1n) is 10.9. The van der Waals surface area contributed by atoms with Gasteiger partial charge in [0.25, 0.3) is 5.91 Å². The summed E-state index contributed by atoms with van der Waals surface area (Å²) in [7, 11) is 0. The van der Waals surface area contributed by atoms with Gasteiger partial charge in [0, 0.05) is 24.2 Å². The molecule has 3 aromatic rings. The molecular formula is C22H27FN6O3. The molecule has 0 radical (unpaired) electrons. The minimum absolute atomic E-state index is 0.0802. The Labute approximate surface area is 184 Å². The summed E-state index contributed by atoms with van der Waals surface area (Å²) in [4.78, 5) is 27.0. The number of carbonyl (C=O) groups is 1. The maximum absolute atomic E-state index is 15.1. The molecule has 32 heavy (non-hydrogen) atoms. The van der Waals surface area contributed by atoms with Crippen LogP contribution in [0.3, 0.4) is 0 Å². The van der Waals surface area contributed by atoms with Crippen molar-refractivity contribution >= 4 is 16.8 Å². The number of aromatic nitrogens is 4. The van der Waals surface area contributed by atoms with E-state index in [-0.39, 0.29) is 22.7 Å². The summed E-state index contributed by atoms with van der Waals surface area (Å²) in [5, 5.41) is 17.4. The third kappa shape index (κ3) is 4.28. The summed E-state index contributed by atoms with van der Waals surface area (Å²) in [5.41, 5.74) is 2.06. The van der Waals surface area contributed by atoms with Crippen molar-refractivity contribution in [3.8, 4) is 5.69 Å². The Morgan fingerprint density at radius 3 is 2.59 bits per heavy atom. The Kier molecular flexibility index (Phi) is 6.33. The molecule has 1 saturated carbocycles.